The van der Waals surface area contributed by atoms with Gasteiger partial charge < -0.3 is 14.8 Å². The topological polar surface area (TPSA) is 30.5 Å². The third-order valence-electron chi connectivity index (χ3n) is 5.53. The molecular weight excluding hydrogens is 238 g/mol. The van der Waals surface area contributed by atoms with Crippen LogP contribution in [0.4, 0.5) is 0 Å². The van der Waals surface area contributed by atoms with E-state index in [1.165, 1.54) is 51.4 Å². The second-order valence-corrected chi connectivity index (χ2v) is 6.61. The second kappa shape index (κ2) is 6.11. The van der Waals surface area contributed by atoms with E-state index in [9.17, 15) is 0 Å². The normalized spacial score (nSPS) is 38.1. The van der Waals surface area contributed by atoms with Crippen LogP contribution in [0.1, 0.15) is 58.3 Å². The zero-order chi connectivity index (χ0) is 13.1. The van der Waals surface area contributed by atoms with Gasteiger partial charge in [-0.3, -0.25) is 0 Å². The Balaban J connectivity index is 1.60. The molecule has 0 aromatic rings. The fourth-order valence-corrected chi connectivity index (χ4v) is 4.45. The van der Waals surface area contributed by atoms with Crippen molar-refractivity contribution in [3.05, 3.63) is 0 Å². The van der Waals surface area contributed by atoms with Gasteiger partial charge in [0.15, 0.2) is 0 Å². The van der Waals surface area contributed by atoms with Gasteiger partial charge in [0, 0.05) is 30.7 Å². The van der Waals surface area contributed by atoms with E-state index in [2.05, 4.69) is 12.2 Å². The molecule has 3 unspecified atom stereocenters. The molecular formula is C16H29NO2. The lowest BCUT2D eigenvalue weighted by atomic mass is 9.55. The Labute approximate surface area is 117 Å². The molecule has 1 saturated heterocycles. The predicted octanol–water partition coefficient (Wildman–Crippen LogP) is 2.88. The molecule has 1 aliphatic heterocycles. The van der Waals surface area contributed by atoms with E-state index in [-0.39, 0.29) is 0 Å². The molecule has 3 heteroatoms. The maximum atomic E-state index is 6.02. The van der Waals surface area contributed by atoms with Crippen molar-refractivity contribution in [2.45, 2.75) is 76.5 Å². The molecule has 1 N–H and O–H groups in total. The molecule has 2 saturated carbocycles. The Morgan fingerprint density at radius 2 is 2.05 bits per heavy atom. The van der Waals surface area contributed by atoms with Gasteiger partial charge in [0.05, 0.1) is 12.7 Å². The molecule has 3 nitrogen and oxygen atoms in total. The summed E-state index contributed by atoms with van der Waals surface area (Å²) in [6, 6.07) is 1.26. The summed E-state index contributed by atoms with van der Waals surface area (Å²) in [4.78, 5) is 0. The fraction of sp³-hybridized carbons (Fsp3) is 1.00. The van der Waals surface area contributed by atoms with Crippen LogP contribution in [0.2, 0.25) is 0 Å². The van der Waals surface area contributed by atoms with Gasteiger partial charge in [-0.2, -0.15) is 0 Å². The van der Waals surface area contributed by atoms with Gasteiger partial charge in [0.1, 0.15) is 0 Å². The van der Waals surface area contributed by atoms with Crippen molar-refractivity contribution in [2.75, 3.05) is 19.8 Å². The first-order valence-corrected chi connectivity index (χ1v) is 8.30. The van der Waals surface area contributed by atoms with Crippen LogP contribution in [-0.2, 0) is 9.47 Å². The van der Waals surface area contributed by atoms with E-state index >= 15 is 0 Å². The maximum absolute atomic E-state index is 6.02. The second-order valence-electron chi connectivity index (χ2n) is 6.61. The molecule has 0 radical (unpaired) electrons. The van der Waals surface area contributed by atoms with Gasteiger partial charge in [-0.05, 0) is 39.0 Å². The van der Waals surface area contributed by atoms with Crippen LogP contribution in [0.25, 0.3) is 0 Å². The maximum Gasteiger partial charge on any atom is 0.0661 e. The van der Waals surface area contributed by atoms with E-state index < -0.39 is 0 Å². The average molecular weight is 267 g/mol. The van der Waals surface area contributed by atoms with Crippen LogP contribution in [0.15, 0.2) is 0 Å². The molecule has 0 aromatic heterocycles. The standard InChI is InChI=1S/C16H29NO2/c1-2-19-15-11-14(16(15)8-4-3-5-9-16)17-13-7-6-10-18-12-13/h13-15,17H,2-12H2,1H3. The van der Waals surface area contributed by atoms with E-state index in [1.807, 2.05) is 0 Å². The highest BCUT2D eigenvalue weighted by atomic mass is 16.5. The molecule has 110 valence electrons. The van der Waals surface area contributed by atoms with Crippen LogP contribution in [0.5, 0.6) is 0 Å². The Kier molecular flexibility index (Phi) is 4.45. The third kappa shape index (κ3) is 2.70. The number of hydrogen-bond donors (Lipinski definition) is 1. The monoisotopic (exact) mass is 267 g/mol. The summed E-state index contributed by atoms with van der Waals surface area (Å²) in [6.45, 7) is 4.86. The van der Waals surface area contributed by atoms with Crippen LogP contribution in [0, 0.1) is 5.41 Å². The molecule has 19 heavy (non-hydrogen) atoms. The highest BCUT2D eigenvalue weighted by molar-refractivity contribution is 5.09. The van der Waals surface area contributed by atoms with Crippen molar-refractivity contribution in [3.8, 4) is 0 Å². The van der Waals surface area contributed by atoms with Gasteiger partial charge >= 0.3 is 0 Å². The quantitative estimate of drug-likeness (QED) is 0.849. The van der Waals surface area contributed by atoms with Gasteiger partial charge in [-0.15, -0.1) is 0 Å². The summed E-state index contributed by atoms with van der Waals surface area (Å²) < 4.78 is 11.6. The lowest BCUT2D eigenvalue weighted by Gasteiger charge is -2.58. The Hall–Kier alpha value is -0.120. The first-order chi connectivity index (χ1) is 9.35. The number of hydrogen-bond acceptors (Lipinski definition) is 3. The van der Waals surface area contributed by atoms with Gasteiger partial charge in [0.25, 0.3) is 0 Å². The summed E-state index contributed by atoms with van der Waals surface area (Å²) >= 11 is 0. The molecule has 0 amide bonds. The van der Waals surface area contributed by atoms with Crippen molar-refractivity contribution in [2.24, 2.45) is 5.41 Å². The summed E-state index contributed by atoms with van der Waals surface area (Å²) in [5.41, 5.74) is 0.450. The lowest BCUT2D eigenvalue weighted by molar-refractivity contribution is -0.154. The summed E-state index contributed by atoms with van der Waals surface area (Å²) in [5.74, 6) is 0. The third-order valence-corrected chi connectivity index (χ3v) is 5.53. The number of rotatable bonds is 4. The molecule has 0 bridgehead atoms. The summed E-state index contributed by atoms with van der Waals surface area (Å²) in [7, 11) is 0. The lowest BCUT2D eigenvalue weighted by Crippen LogP contribution is -2.66. The molecule has 3 aliphatic rings. The van der Waals surface area contributed by atoms with Crippen LogP contribution >= 0.6 is 0 Å². The highest BCUT2D eigenvalue weighted by Gasteiger charge is 2.55. The van der Waals surface area contributed by atoms with Crippen molar-refractivity contribution in [1.29, 1.82) is 0 Å². The minimum absolute atomic E-state index is 0.450. The van der Waals surface area contributed by atoms with Crippen molar-refractivity contribution in [3.63, 3.8) is 0 Å². The van der Waals surface area contributed by atoms with Crippen LogP contribution in [0.3, 0.4) is 0 Å². The molecule has 1 heterocycles. The molecule has 1 spiro atoms. The Morgan fingerprint density at radius 3 is 2.74 bits per heavy atom. The zero-order valence-electron chi connectivity index (χ0n) is 12.3. The molecule has 3 fully saturated rings. The van der Waals surface area contributed by atoms with Crippen LogP contribution < -0.4 is 5.32 Å². The molecule has 3 atom stereocenters. The first kappa shape index (κ1) is 13.8. The van der Waals surface area contributed by atoms with E-state index in [1.54, 1.807) is 0 Å². The van der Waals surface area contributed by atoms with Crippen molar-refractivity contribution < 1.29 is 9.47 Å². The van der Waals surface area contributed by atoms with Crippen LogP contribution in [-0.4, -0.2) is 38.0 Å². The first-order valence-electron chi connectivity index (χ1n) is 8.30. The summed E-state index contributed by atoms with van der Waals surface area (Å²) in [6.07, 6.45) is 11.2. The number of nitrogens with one attached hydrogen (secondary N) is 1. The van der Waals surface area contributed by atoms with E-state index in [4.69, 9.17) is 9.47 Å². The predicted molar refractivity (Wildman–Crippen MR) is 76.3 cm³/mol. The SMILES string of the molecule is CCOC1CC(NC2CCCOC2)C12CCCCC2. The Bertz CT molecular complexity index is 282. The minimum atomic E-state index is 0.450. The van der Waals surface area contributed by atoms with Gasteiger partial charge in [0.2, 0.25) is 0 Å². The highest BCUT2D eigenvalue weighted by Crippen LogP contribution is 2.53. The molecule has 2 aliphatic carbocycles. The van der Waals surface area contributed by atoms with E-state index in [0.29, 0.717) is 23.6 Å². The molecule has 0 aromatic carbocycles. The van der Waals surface area contributed by atoms with Gasteiger partial charge in [-0.1, -0.05) is 19.3 Å². The summed E-state index contributed by atoms with van der Waals surface area (Å²) in [5, 5.41) is 3.90. The fourth-order valence-electron chi connectivity index (χ4n) is 4.45. The minimum Gasteiger partial charge on any atom is -0.380 e. The van der Waals surface area contributed by atoms with Crippen molar-refractivity contribution in [1.82, 2.24) is 5.32 Å². The van der Waals surface area contributed by atoms with Crippen molar-refractivity contribution >= 4 is 0 Å². The largest absolute Gasteiger partial charge is 0.380 e. The molecule has 3 rings (SSSR count). The van der Waals surface area contributed by atoms with Gasteiger partial charge in [-0.25, -0.2) is 0 Å². The Morgan fingerprint density at radius 1 is 1.21 bits per heavy atom. The smallest absolute Gasteiger partial charge is 0.0661 e. The average Bonchev–Trinajstić information content (AvgIpc) is 2.48. The van der Waals surface area contributed by atoms with E-state index in [0.717, 1.165) is 19.8 Å². The zero-order valence-corrected chi connectivity index (χ0v) is 12.3. The number of ether oxygens (including phenoxy) is 2.